The molecule has 8 heteroatoms. The Bertz CT molecular complexity index is 1190. The molecule has 0 bridgehead atoms. The molecule has 0 radical (unpaired) electrons. The van der Waals surface area contributed by atoms with Crippen LogP contribution in [0.25, 0.3) is 22.4 Å². The molecule has 1 amide bonds. The van der Waals surface area contributed by atoms with Crippen molar-refractivity contribution in [1.29, 1.82) is 0 Å². The number of hydrogen-bond donors (Lipinski definition) is 2. The smallest absolute Gasteiger partial charge is 0.408 e. The zero-order valence-corrected chi connectivity index (χ0v) is 15.5. The van der Waals surface area contributed by atoms with Crippen LogP contribution in [0.15, 0.2) is 57.1 Å². The molecule has 136 valence electrons. The maximum atomic E-state index is 12.5. The minimum Gasteiger partial charge on any atom is -0.408 e. The van der Waals surface area contributed by atoms with Gasteiger partial charge >= 0.3 is 5.76 Å². The number of carbonyl (C=O) groups excluding carboxylic acids is 1. The summed E-state index contributed by atoms with van der Waals surface area (Å²) in [6.45, 7) is 0. The van der Waals surface area contributed by atoms with Gasteiger partial charge in [-0.15, -0.1) is 11.3 Å². The number of benzene rings is 2. The summed E-state index contributed by atoms with van der Waals surface area (Å²) < 4.78 is 5.08. The molecule has 0 saturated carbocycles. The number of nitrogens with zero attached hydrogens (tertiary/aromatic N) is 2. The molecule has 0 spiro atoms. The van der Waals surface area contributed by atoms with Gasteiger partial charge in [0.15, 0.2) is 10.7 Å². The molecule has 0 aliphatic heterocycles. The maximum absolute atomic E-state index is 12.5. The van der Waals surface area contributed by atoms with E-state index in [1.165, 1.54) is 11.3 Å². The Morgan fingerprint density at radius 3 is 2.89 bits per heavy atom. The molecule has 4 aromatic rings. The highest BCUT2D eigenvalue weighted by atomic mass is 32.1. The number of H-pyrrole nitrogens is 1. The molecule has 4 rings (SSSR count). The topological polar surface area (TPSA) is 91.2 Å². The highest BCUT2D eigenvalue weighted by molar-refractivity contribution is 7.14. The second-order valence-electron chi connectivity index (χ2n) is 6.16. The van der Waals surface area contributed by atoms with Gasteiger partial charge in [0.1, 0.15) is 0 Å². The normalized spacial score (nSPS) is 10.9. The van der Waals surface area contributed by atoms with Gasteiger partial charge in [0.25, 0.3) is 5.91 Å². The second kappa shape index (κ2) is 6.73. The lowest BCUT2D eigenvalue weighted by Gasteiger charge is -2.13. The minimum atomic E-state index is -0.492. The van der Waals surface area contributed by atoms with E-state index in [0.717, 1.165) is 11.3 Å². The van der Waals surface area contributed by atoms with E-state index >= 15 is 0 Å². The van der Waals surface area contributed by atoms with Crippen LogP contribution in [0, 0.1) is 0 Å². The van der Waals surface area contributed by atoms with Crippen LogP contribution in [0.2, 0.25) is 0 Å². The molecule has 2 heterocycles. The van der Waals surface area contributed by atoms with Gasteiger partial charge in [0.05, 0.1) is 11.2 Å². The second-order valence-corrected chi connectivity index (χ2v) is 7.02. The number of nitrogens with one attached hydrogen (secondary N) is 2. The van der Waals surface area contributed by atoms with Crippen molar-refractivity contribution >= 4 is 39.2 Å². The predicted octanol–water partition coefficient (Wildman–Crippen LogP) is 3.56. The number of thiazole rings is 1. The molecule has 0 aliphatic carbocycles. The van der Waals surface area contributed by atoms with Crippen molar-refractivity contribution in [2.45, 2.75) is 0 Å². The average molecular weight is 380 g/mol. The Balaban J connectivity index is 1.56. The number of fused-ring (bicyclic) bond motifs is 1. The van der Waals surface area contributed by atoms with Gasteiger partial charge in [-0.2, -0.15) is 0 Å². The van der Waals surface area contributed by atoms with E-state index in [1.807, 2.05) is 48.6 Å². The first kappa shape index (κ1) is 17.0. The summed E-state index contributed by atoms with van der Waals surface area (Å²) in [5, 5.41) is 5.17. The maximum Gasteiger partial charge on any atom is 0.417 e. The Morgan fingerprint density at radius 2 is 2.07 bits per heavy atom. The van der Waals surface area contributed by atoms with Crippen molar-refractivity contribution in [3.8, 4) is 11.3 Å². The highest BCUT2D eigenvalue weighted by Gasteiger charge is 2.12. The fourth-order valence-corrected chi connectivity index (χ4v) is 3.38. The van der Waals surface area contributed by atoms with E-state index in [0.29, 0.717) is 27.5 Å². The molecule has 2 aromatic heterocycles. The molecule has 0 fully saturated rings. The Labute approximate surface area is 158 Å². The quantitative estimate of drug-likeness (QED) is 0.565. The van der Waals surface area contributed by atoms with E-state index < -0.39 is 5.76 Å². The summed E-state index contributed by atoms with van der Waals surface area (Å²) in [6, 6.07) is 12.7. The van der Waals surface area contributed by atoms with Gasteiger partial charge in [-0.3, -0.25) is 15.1 Å². The lowest BCUT2D eigenvalue weighted by Crippen LogP contribution is -2.14. The van der Waals surface area contributed by atoms with Crippen LogP contribution < -0.4 is 16.0 Å². The number of carbonyl (C=O) groups is 1. The number of amides is 1. The third-order valence-corrected chi connectivity index (χ3v) is 4.82. The van der Waals surface area contributed by atoms with E-state index in [1.54, 1.807) is 18.2 Å². The summed E-state index contributed by atoms with van der Waals surface area (Å²) in [4.78, 5) is 32.8. The fourth-order valence-electron chi connectivity index (χ4n) is 2.66. The van der Waals surface area contributed by atoms with Gasteiger partial charge in [-0.1, -0.05) is 12.1 Å². The number of rotatable bonds is 4. The third kappa shape index (κ3) is 3.47. The molecule has 0 saturated heterocycles. The van der Waals surface area contributed by atoms with Crippen LogP contribution in [-0.2, 0) is 0 Å². The number of aromatic amines is 1. The van der Waals surface area contributed by atoms with Crippen molar-refractivity contribution in [2.24, 2.45) is 0 Å². The summed E-state index contributed by atoms with van der Waals surface area (Å²) in [6.07, 6.45) is 0. The summed E-state index contributed by atoms with van der Waals surface area (Å²) in [7, 11) is 3.85. The van der Waals surface area contributed by atoms with Crippen LogP contribution in [0.5, 0.6) is 0 Å². The summed E-state index contributed by atoms with van der Waals surface area (Å²) in [5.74, 6) is -0.708. The van der Waals surface area contributed by atoms with Crippen molar-refractivity contribution in [3.05, 3.63) is 64.0 Å². The number of anilines is 2. The molecule has 2 aromatic carbocycles. The molecule has 2 N–H and O–H groups in total. The van der Waals surface area contributed by atoms with Crippen LogP contribution in [-0.4, -0.2) is 30.0 Å². The van der Waals surface area contributed by atoms with Crippen LogP contribution in [0.3, 0.4) is 0 Å². The molecular weight excluding hydrogens is 364 g/mol. The van der Waals surface area contributed by atoms with Gasteiger partial charge in [-0.25, -0.2) is 9.78 Å². The first-order valence-corrected chi connectivity index (χ1v) is 9.05. The number of aromatic nitrogens is 2. The van der Waals surface area contributed by atoms with Gasteiger partial charge < -0.3 is 9.32 Å². The lowest BCUT2D eigenvalue weighted by molar-refractivity contribution is 0.102. The van der Waals surface area contributed by atoms with E-state index in [4.69, 9.17) is 4.42 Å². The fraction of sp³-hybridized carbons (Fsp3) is 0.105. The number of oxazole rings is 1. The number of hydrogen-bond acceptors (Lipinski definition) is 6. The van der Waals surface area contributed by atoms with Gasteiger partial charge in [-0.05, 0) is 30.3 Å². The molecule has 0 atom stereocenters. The summed E-state index contributed by atoms with van der Waals surface area (Å²) >= 11 is 1.33. The average Bonchev–Trinajstić information content (AvgIpc) is 3.26. The zero-order chi connectivity index (χ0) is 19.0. The first-order valence-electron chi connectivity index (χ1n) is 8.17. The Kier molecular flexibility index (Phi) is 4.25. The third-order valence-electron chi connectivity index (χ3n) is 4.07. The molecule has 7 nitrogen and oxygen atoms in total. The van der Waals surface area contributed by atoms with Crippen LogP contribution in [0.1, 0.15) is 10.4 Å². The molecular formula is C19H16N4O3S. The van der Waals surface area contributed by atoms with Crippen molar-refractivity contribution in [3.63, 3.8) is 0 Å². The van der Waals surface area contributed by atoms with Crippen LogP contribution in [0.4, 0.5) is 10.8 Å². The van der Waals surface area contributed by atoms with Crippen molar-refractivity contribution in [1.82, 2.24) is 9.97 Å². The van der Waals surface area contributed by atoms with E-state index in [9.17, 15) is 9.59 Å². The Morgan fingerprint density at radius 1 is 1.22 bits per heavy atom. The molecule has 0 unspecified atom stereocenters. The van der Waals surface area contributed by atoms with Crippen LogP contribution >= 0.6 is 11.3 Å². The van der Waals surface area contributed by atoms with E-state index in [2.05, 4.69) is 15.3 Å². The largest absolute Gasteiger partial charge is 0.417 e. The van der Waals surface area contributed by atoms with Crippen molar-refractivity contribution < 1.29 is 9.21 Å². The van der Waals surface area contributed by atoms with E-state index in [-0.39, 0.29) is 5.91 Å². The SMILES string of the molecule is CN(C)c1cccc(C(=O)Nc2nc(-c3ccc4[nH]c(=O)oc4c3)cs2)c1. The molecule has 0 aliphatic rings. The minimum absolute atomic E-state index is 0.216. The van der Waals surface area contributed by atoms with Gasteiger partial charge in [0.2, 0.25) is 0 Å². The van der Waals surface area contributed by atoms with Gasteiger partial charge in [0, 0.05) is 36.3 Å². The Hall–Kier alpha value is -3.39. The standard InChI is InChI=1S/C19H16N4O3S/c1-23(2)13-5-3-4-12(8-13)17(24)22-18-20-15(10-27-18)11-6-7-14-16(9-11)26-19(25)21-14/h3-10H,1-2H3,(H,21,25)(H,20,22,24). The molecule has 27 heavy (non-hydrogen) atoms. The monoisotopic (exact) mass is 380 g/mol. The lowest BCUT2D eigenvalue weighted by atomic mass is 10.1. The first-order chi connectivity index (χ1) is 13.0. The highest BCUT2D eigenvalue weighted by Crippen LogP contribution is 2.27. The van der Waals surface area contributed by atoms with Crippen molar-refractivity contribution in [2.75, 3.05) is 24.3 Å². The zero-order valence-electron chi connectivity index (χ0n) is 14.6. The predicted molar refractivity (Wildman–Crippen MR) is 107 cm³/mol. The summed E-state index contributed by atoms with van der Waals surface area (Å²) in [5.41, 5.74) is 4.11.